The van der Waals surface area contributed by atoms with Crippen LogP contribution in [0.5, 0.6) is 0 Å². The van der Waals surface area contributed by atoms with Gasteiger partial charge in [0.2, 0.25) is 10.0 Å². The van der Waals surface area contributed by atoms with E-state index >= 15 is 0 Å². The smallest absolute Gasteiger partial charge is 0.211 e. The summed E-state index contributed by atoms with van der Waals surface area (Å²) in [6, 6.07) is 0. The Morgan fingerprint density at radius 3 is 2.39 bits per heavy atom. The largest absolute Gasteiger partial charge is 0.317 e. The molecule has 0 aliphatic rings. The van der Waals surface area contributed by atoms with E-state index in [-0.39, 0.29) is 5.75 Å². The van der Waals surface area contributed by atoms with Gasteiger partial charge in [0.1, 0.15) is 0 Å². The second kappa shape index (κ2) is 12.3. The monoisotopic (exact) mass is 296 g/mol. The van der Waals surface area contributed by atoms with Crippen molar-refractivity contribution in [3.63, 3.8) is 0 Å². The van der Waals surface area contributed by atoms with Crippen LogP contribution in [0, 0.1) is 0 Å². The molecule has 0 fully saturated rings. The highest BCUT2D eigenvalue weighted by Crippen LogP contribution is 1.99. The van der Waals surface area contributed by atoms with Crippen molar-refractivity contribution in [2.24, 2.45) is 0 Å². The Hall–Kier alpha value is 0.220. The lowest BCUT2D eigenvalue weighted by Crippen LogP contribution is -2.28. The van der Waals surface area contributed by atoms with Gasteiger partial charge in [0.25, 0.3) is 0 Å². The number of unbranched alkanes of at least 4 members (excludes halogenated alkanes) is 2. The highest BCUT2D eigenvalue weighted by molar-refractivity contribution is 7.98. The zero-order valence-corrected chi connectivity index (χ0v) is 13.3. The van der Waals surface area contributed by atoms with Crippen LogP contribution in [0.15, 0.2) is 0 Å². The summed E-state index contributed by atoms with van der Waals surface area (Å²) >= 11 is 1.80. The lowest BCUT2D eigenvalue weighted by molar-refractivity contribution is 0.570. The molecular formula is C12H28N2O2S2. The molecule has 0 saturated heterocycles. The van der Waals surface area contributed by atoms with E-state index in [1.807, 2.05) is 0 Å². The van der Waals surface area contributed by atoms with Crippen molar-refractivity contribution >= 4 is 21.8 Å². The summed E-state index contributed by atoms with van der Waals surface area (Å²) < 4.78 is 25.9. The molecule has 4 nitrogen and oxygen atoms in total. The minimum absolute atomic E-state index is 0.253. The van der Waals surface area contributed by atoms with E-state index in [1.54, 1.807) is 11.8 Å². The molecule has 0 radical (unpaired) electrons. The van der Waals surface area contributed by atoms with E-state index in [0.29, 0.717) is 6.54 Å². The average molecular weight is 297 g/mol. The first kappa shape index (κ1) is 18.2. The SMILES string of the molecule is CCCNCCCCS(=O)(=O)NCCCCSC. The Kier molecular flexibility index (Phi) is 12.4. The summed E-state index contributed by atoms with van der Waals surface area (Å²) in [4.78, 5) is 0. The van der Waals surface area contributed by atoms with Gasteiger partial charge >= 0.3 is 0 Å². The Morgan fingerprint density at radius 1 is 1.00 bits per heavy atom. The third-order valence-electron chi connectivity index (χ3n) is 2.54. The number of nitrogens with one attached hydrogen (secondary N) is 2. The number of hydrogen-bond donors (Lipinski definition) is 2. The summed E-state index contributed by atoms with van der Waals surface area (Å²) in [6.07, 6.45) is 6.85. The molecule has 0 rings (SSSR count). The van der Waals surface area contributed by atoms with E-state index in [4.69, 9.17) is 0 Å². The second-order valence-corrected chi connectivity index (χ2v) is 7.28. The minimum atomic E-state index is -3.05. The Bertz CT molecular complexity index is 269. The third kappa shape index (κ3) is 12.7. The van der Waals surface area contributed by atoms with E-state index in [2.05, 4.69) is 23.2 Å². The molecule has 0 spiro atoms. The predicted octanol–water partition coefficient (Wildman–Crippen LogP) is 1.83. The van der Waals surface area contributed by atoms with Crippen LogP contribution in [0.25, 0.3) is 0 Å². The Morgan fingerprint density at radius 2 is 1.72 bits per heavy atom. The third-order valence-corrected chi connectivity index (χ3v) is 4.71. The molecule has 6 heteroatoms. The van der Waals surface area contributed by atoms with Crippen LogP contribution in [0.4, 0.5) is 0 Å². The van der Waals surface area contributed by atoms with Gasteiger partial charge in [-0.05, 0) is 57.2 Å². The fourth-order valence-corrected chi connectivity index (χ4v) is 3.19. The van der Waals surface area contributed by atoms with Crippen molar-refractivity contribution in [2.75, 3.05) is 37.4 Å². The highest BCUT2D eigenvalue weighted by Gasteiger charge is 2.08. The van der Waals surface area contributed by atoms with Crippen molar-refractivity contribution in [1.82, 2.24) is 10.0 Å². The first-order valence-electron chi connectivity index (χ1n) is 6.79. The predicted molar refractivity (Wildman–Crippen MR) is 81.8 cm³/mol. The Balaban J connectivity index is 3.43. The number of rotatable bonds is 13. The highest BCUT2D eigenvalue weighted by atomic mass is 32.2. The normalized spacial score (nSPS) is 11.9. The van der Waals surface area contributed by atoms with Gasteiger partial charge in [0.05, 0.1) is 5.75 Å². The second-order valence-electron chi connectivity index (χ2n) is 4.37. The van der Waals surface area contributed by atoms with E-state index in [9.17, 15) is 8.42 Å². The van der Waals surface area contributed by atoms with Gasteiger partial charge in [-0.1, -0.05) is 6.92 Å². The molecule has 0 heterocycles. The molecule has 0 saturated carbocycles. The maximum Gasteiger partial charge on any atom is 0.211 e. The quantitative estimate of drug-likeness (QED) is 0.509. The molecule has 0 aromatic heterocycles. The van der Waals surface area contributed by atoms with Crippen LogP contribution in [-0.2, 0) is 10.0 Å². The minimum Gasteiger partial charge on any atom is -0.317 e. The Labute approximate surface area is 117 Å². The first-order chi connectivity index (χ1) is 8.62. The molecule has 0 aliphatic carbocycles. The van der Waals surface area contributed by atoms with Crippen LogP contribution >= 0.6 is 11.8 Å². The van der Waals surface area contributed by atoms with Crippen molar-refractivity contribution in [3.8, 4) is 0 Å². The van der Waals surface area contributed by atoms with Gasteiger partial charge in [-0.15, -0.1) is 0 Å². The molecule has 110 valence electrons. The maximum absolute atomic E-state index is 11.6. The maximum atomic E-state index is 11.6. The summed E-state index contributed by atoms with van der Waals surface area (Å²) in [5.41, 5.74) is 0. The van der Waals surface area contributed by atoms with E-state index in [1.165, 1.54) is 0 Å². The zero-order chi connectivity index (χ0) is 13.7. The zero-order valence-electron chi connectivity index (χ0n) is 11.7. The van der Waals surface area contributed by atoms with Gasteiger partial charge in [-0.2, -0.15) is 11.8 Å². The molecule has 0 aromatic rings. The molecule has 2 N–H and O–H groups in total. The van der Waals surface area contributed by atoms with E-state index < -0.39 is 10.0 Å². The molecule has 0 aliphatic heterocycles. The summed E-state index contributed by atoms with van der Waals surface area (Å²) in [6.45, 7) is 4.63. The molecule has 18 heavy (non-hydrogen) atoms. The topological polar surface area (TPSA) is 58.2 Å². The van der Waals surface area contributed by atoms with Crippen molar-refractivity contribution < 1.29 is 8.42 Å². The van der Waals surface area contributed by atoms with Gasteiger partial charge in [-0.3, -0.25) is 0 Å². The van der Waals surface area contributed by atoms with Gasteiger partial charge in [-0.25, -0.2) is 13.1 Å². The molecular weight excluding hydrogens is 268 g/mol. The number of thioether (sulfide) groups is 1. The number of hydrogen-bond acceptors (Lipinski definition) is 4. The first-order valence-corrected chi connectivity index (χ1v) is 9.84. The van der Waals surface area contributed by atoms with Gasteiger partial charge in [0.15, 0.2) is 0 Å². The van der Waals surface area contributed by atoms with Crippen LogP contribution < -0.4 is 10.0 Å². The summed E-state index contributed by atoms with van der Waals surface area (Å²) in [5, 5.41) is 3.27. The molecule has 0 unspecified atom stereocenters. The van der Waals surface area contributed by atoms with E-state index in [0.717, 1.165) is 50.9 Å². The van der Waals surface area contributed by atoms with Crippen molar-refractivity contribution in [3.05, 3.63) is 0 Å². The number of sulfonamides is 1. The molecule has 0 atom stereocenters. The van der Waals surface area contributed by atoms with Crippen LogP contribution in [-0.4, -0.2) is 45.8 Å². The van der Waals surface area contributed by atoms with Crippen LogP contribution in [0.1, 0.15) is 39.0 Å². The van der Waals surface area contributed by atoms with Gasteiger partial charge in [0, 0.05) is 6.54 Å². The summed E-state index contributed by atoms with van der Waals surface area (Å²) in [7, 11) is -3.05. The van der Waals surface area contributed by atoms with Crippen molar-refractivity contribution in [1.29, 1.82) is 0 Å². The van der Waals surface area contributed by atoms with Crippen LogP contribution in [0.3, 0.4) is 0 Å². The summed E-state index contributed by atoms with van der Waals surface area (Å²) in [5.74, 6) is 1.36. The standard InChI is InChI=1S/C12H28N2O2S2/c1-3-8-13-9-5-7-12-18(15,16)14-10-4-6-11-17-2/h13-14H,3-12H2,1-2H3. The average Bonchev–Trinajstić information content (AvgIpc) is 2.33. The molecule has 0 amide bonds. The lowest BCUT2D eigenvalue weighted by Gasteiger charge is -2.07. The lowest BCUT2D eigenvalue weighted by atomic mass is 10.3. The fraction of sp³-hybridized carbons (Fsp3) is 1.00. The van der Waals surface area contributed by atoms with Crippen molar-refractivity contribution in [2.45, 2.75) is 39.0 Å². The molecule has 0 bridgehead atoms. The fourth-order valence-electron chi connectivity index (χ4n) is 1.52. The van der Waals surface area contributed by atoms with Gasteiger partial charge < -0.3 is 5.32 Å². The van der Waals surface area contributed by atoms with Crippen LogP contribution in [0.2, 0.25) is 0 Å². The molecule has 0 aromatic carbocycles.